The van der Waals surface area contributed by atoms with Gasteiger partial charge in [0, 0.05) is 19.2 Å². The van der Waals surface area contributed by atoms with E-state index in [1.165, 1.54) is 34.8 Å². The van der Waals surface area contributed by atoms with Crippen molar-refractivity contribution in [3.05, 3.63) is 83.4 Å². The number of aromatic hydroxyl groups is 1. The molecule has 0 radical (unpaired) electrons. The van der Waals surface area contributed by atoms with E-state index in [2.05, 4.69) is 38.1 Å². The van der Waals surface area contributed by atoms with Crippen LogP contribution in [0.4, 0.5) is 0 Å². The molecule has 0 aliphatic rings. The summed E-state index contributed by atoms with van der Waals surface area (Å²) in [7, 11) is -3.85. The number of hydrogen-bond donors (Lipinski definition) is 1. The van der Waals surface area contributed by atoms with Crippen molar-refractivity contribution in [3.63, 3.8) is 0 Å². The van der Waals surface area contributed by atoms with Crippen LogP contribution >= 0.6 is 0 Å². The third-order valence-corrected chi connectivity index (χ3v) is 8.29. The second kappa shape index (κ2) is 13.4. The minimum Gasteiger partial charge on any atom is -0.507 e. The molecule has 5 nitrogen and oxygen atoms in total. The van der Waals surface area contributed by atoms with Crippen molar-refractivity contribution in [3.8, 4) is 16.9 Å². The average molecular weight is 508 g/mol. The van der Waals surface area contributed by atoms with Crippen molar-refractivity contribution in [2.24, 2.45) is 0 Å². The number of aryl methyl sites for hydroxylation is 1. The Hall–Kier alpha value is -2.96. The second-order valence-corrected chi connectivity index (χ2v) is 11.2. The van der Waals surface area contributed by atoms with E-state index in [0.29, 0.717) is 12.8 Å². The summed E-state index contributed by atoms with van der Waals surface area (Å²) >= 11 is 0. The highest BCUT2D eigenvalue weighted by molar-refractivity contribution is 7.89. The molecule has 0 spiro atoms. The minimum absolute atomic E-state index is 0.0131. The molecule has 3 rings (SSSR count). The van der Waals surface area contributed by atoms with Gasteiger partial charge in [0.25, 0.3) is 0 Å². The van der Waals surface area contributed by atoms with Crippen molar-refractivity contribution in [1.29, 1.82) is 0 Å². The van der Waals surface area contributed by atoms with E-state index in [4.69, 9.17) is 0 Å². The first-order valence-electron chi connectivity index (χ1n) is 12.9. The Balaban J connectivity index is 1.79. The molecule has 0 saturated heterocycles. The Kier molecular flexibility index (Phi) is 10.3. The third-order valence-electron chi connectivity index (χ3n) is 6.45. The Labute approximate surface area is 215 Å². The molecule has 0 saturated carbocycles. The van der Waals surface area contributed by atoms with Crippen molar-refractivity contribution >= 4 is 16.3 Å². The van der Waals surface area contributed by atoms with Gasteiger partial charge < -0.3 is 5.11 Å². The van der Waals surface area contributed by atoms with Gasteiger partial charge in [-0.15, -0.1) is 0 Å². The number of nitrogens with zero attached hydrogens (tertiary/aromatic N) is 1. The molecule has 0 bridgehead atoms. The van der Waals surface area contributed by atoms with Gasteiger partial charge in [0.05, 0.1) is 10.5 Å². The lowest BCUT2D eigenvalue weighted by molar-refractivity contribution is 0.112. The van der Waals surface area contributed by atoms with E-state index < -0.39 is 10.0 Å². The Morgan fingerprint density at radius 1 is 0.778 bits per heavy atom. The Bertz CT molecular complexity index is 1220. The SMILES string of the molecule is CCCCCCN(Cc1ccc(-c2ccc(CCCC)cc2)cc1)S(=O)(=O)c1ccc(C=O)c(O)c1. The van der Waals surface area contributed by atoms with Crippen molar-refractivity contribution in [2.45, 2.75) is 70.2 Å². The zero-order valence-corrected chi connectivity index (χ0v) is 22.1. The molecule has 1 N–H and O–H groups in total. The van der Waals surface area contributed by atoms with Crippen LogP contribution in [0.5, 0.6) is 5.75 Å². The summed E-state index contributed by atoms with van der Waals surface area (Å²) in [5.41, 5.74) is 4.53. The molecular weight excluding hydrogens is 470 g/mol. The minimum atomic E-state index is -3.85. The Morgan fingerprint density at radius 2 is 1.39 bits per heavy atom. The molecule has 36 heavy (non-hydrogen) atoms. The van der Waals surface area contributed by atoms with Gasteiger partial charge in [-0.1, -0.05) is 88.1 Å². The standard InChI is InChI=1S/C30H37NO4S/c1-3-5-7-8-20-31(36(34,35)29-19-18-28(23-32)30(33)21-29)22-25-12-16-27(17-13-25)26-14-10-24(11-15-26)9-6-4-2/h10-19,21,23,33H,3-9,20,22H2,1-2H3. The van der Waals surface area contributed by atoms with E-state index in [0.717, 1.165) is 54.9 Å². The highest BCUT2D eigenvalue weighted by Gasteiger charge is 2.25. The van der Waals surface area contributed by atoms with Crippen LogP contribution < -0.4 is 0 Å². The molecule has 6 heteroatoms. The number of benzene rings is 3. The number of phenolic OH excluding ortho intramolecular Hbond substituents is 1. The summed E-state index contributed by atoms with van der Waals surface area (Å²) < 4.78 is 28.4. The number of carbonyl (C=O) groups excluding carboxylic acids is 1. The Morgan fingerprint density at radius 3 is 1.94 bits per heavy atom. The van der Waals surface area contributed by atoms with Gasteiger partial charge in [0.1, 0.15) is 5.75 Å². The molecule has 0 aliphatic carbocycles. The molecule has 0 amide bonds. The highest BCUT2D eigenvalue weighted by atomic mass is 32.2. The topological polar surface area (TPSA) is 74.7 Å². The predicted molar refractivity (Wildman–Crippen MR) is 146 cm³/mol. The fourth-order valence-corrected chi connectivity index (χ4v) is 5.67. The lowest BCUT2D eigenvalue weighted by Gasteiger charge is -2.23. The molecule has 0 aliphatic heterocycles. The zero-order valence-electron chi connectivity index (χ0n) is 21.3. The summed E-state index contributed by atoms with van der Waals surface area (Å²) in [6.45, 7) is 4.94. The molecule has 3 aromatic rings. The number of phenols is 1. The van der Waals surface area contributed by atoms with Crippen LogP contribution in [-0.4, -0.2) is 30.7 Å². The quantitative estimate of drug-likeness (QED) is 0.189. The van der Waals surface area contributed by atoms with Gasteiger partial charge in [-0.25, -0.2) is 8.42 Å². The predicted octanol–water partition coefficient (Wildman–Crippen LogP) is 6.99. The summed E-state index contributed by atoms with van der Waals surface area (Å²) in [5.74, 6) is -0.331. The molecule has 3 aromatic carbocycles. The molecule has 0 unspecified atom stereocenters. The van der Waals surface area contributed by atoms with E-state index in [9.17, 15) is 18.3 Å². The first-order valence-corrected chi connectivity index (χ1v) is 14.3. The number of carbonyl (C=O) groups is 1. The summed E-state index contributed by atoms with van der Waals surface area (Å²) in [6.07, 6.45) is 7.79. The smallest absolute Gasteiger partial charge is 0.243 e. The molecule has 0 atom stereocenters. The summed E-state index contributed by atoms with van der Waals surface area (Å²) in [6, 6.07) is 20.5. The van der Waals surface area contributed by atoms with Crippen LogP contribution in [-0.2, 0) is 23.0 Å². The highest BCUT2D eigenvalue weighted by Crippen LogP contribution is 2.26. The third kappa shape index (κ3) is 7.28. The zero-order chi connectivity index (χ0) is 26.0. The monoisotopic (exact) mass is 507 g/mol. The molecule has 192 valence electrons. The molecular formula is C30H37NO4S. The number of unbranched alkanes of at least 4 members (excludes halogenated alkanes) is 4. The number of rotatable bonds is 14. The van der Waals surface area contributed by atoms with Crippen molar-refractivity contribution in [1.82, 2.24) is 4.31 Å². The van der Waals surface area contributed by atoms with E-state index >= 15 is 0 Å². The summed E-state index contributed by atoms with van der Waals surface area (Å²) in [4.78, 5) is 11.0. The van der Waals surface area contributed by atoms with Crippen molar-refractivity contribution in [2.75, 3.05) is 6.54 Å². The lowest BCUT2D eigenvalue weighted by Crippen LogP contribution is -2.31. The van der Waals surface area contributed by atoms with Crippen LogP contribution in [0, 0.1) is 0 Å². The summed E-state index contributed by atoms with van der Waals surface area (Å²) in [5, 5.41) is 10.1. The van der Waals surface area contributed by atoms with Gasteiger partial charge >= 0.3 is 0 Å². The first kappa shape index (κ1) is 27.6. The van der Waals surface area contributed by atoms with Crippen molar-refractivity contribution < 1.29 is 18.3 Å². The first-order chi connectivity index (χ1) is 17.4. The van der Waals surface area contributed by atoms with Gasteiger partial charge in [-0.2, -0.15) is 4.31 Å². The molecule has 0 heterocycles. The van der Waals surface area contributed by atoms with Gasteiger partial charge in [-0.05, 0) is 53.6 Å². The largest absolute Gasteiger partial charge is 0.507 e. The second-order valence-electron chi connectivity index (χ2n) is 9.24. The van der Waals surface area contributed by atoms with Crippen LogP contribution in [0.25, 0.3) is 11.1 Å². The van der Waals surface area contributed by atoms with Crippen LogP contribution in [0.2, 0.25) is 0 Å². The molecule has 0 aromatic heterocycles. The van der Waals surface area contributed by atoms with Crippen LogP contribution in [0.15, 0.2) is 71.6 Å². The number of aldehydes is 1. The van der Waals surface area contributed by atoms with Gasteiger partial charge in [0.2, 0.25) is 10.0 Å². The van der Waals surface area contributed by atoms with Gasteiger partial charge in [-0.3, -0.25) is 4.79 Å². The maximum absolute atomic E-state index is 13.5. The maximum atomic E-state index is 13.5. The molecule has 0 fully saturated rings. The van der Waals surface area contributed by atoms with E-state index in [1.54, 1.807) is 0 Å². The average Bonchev–Trinajstić information content (AvgIpc) is 2.89. The fraction of sp³-hybridized carbons (Fsp3) is 0.367. The van der Waals surface area contributed by atoms with Crippen LogP contribution in [0.3, 0.4) is 0 Å². The normalized spacial score (nSPS) is 11.6. The van der Waals surface area contributed by atoms with Gasteiger partial charge in [0.15, 0.2) is 6.29 Å². The number of sulfonamides is 1. The van der Waals surface area contributed by atoms with E-state index in [-0.39, 0.29) is 22.8 Å². The number of hydrogen-bond acceptors (Lipinski definition) is 4. The maximum Gasteiger partial charge on any atom is 0.243 e. The lowest BCUT2D eigenvalue weighted by atomic mass is 10.0. The van der Waals surface area contributed by atoms with E-state index in [1.807, 2.05) is 24.3 Å². The fourth-order valence-electron chi connectivity index (χ4n) is 4.18. The van der Waals surface area contributed by atoms with Crippen LogP contribution in [0.1, 0.15) is 73.9 Å².